The average molecular weight is 277 g/mol. The number of hydrogen-bond donors (Lipinski definition) is 1. The third-order valence-corrected chi connectivity index (χ3v) is 2.76. The molecule has 1 fully saturated rings. The standard InChI is InChI=1S/C12H15NO.C4H10.C2H6/c1-2-4-11(5-3-1)6-7-12-10-13-8-9-14-12;1-3-4-2;1-2/h1-7,12-13H,8-10H2;3-4H2,1-2H3;1-2H3/b7-6+;;/t12-;;/m1../s1. The highest BCUT2D eigenvalue weighted by atomic mass is 16.5. The Hall–Kier alpha value is -1.12. The zero-order valence-corrected chi connectivity index (χ0v) is 13.6. The molecule has 0 radical (unpaired) electrons. The Labute approximate surface area is 125 Å². The van der Waals surface area contributed by atoms with E-state index in [4.69, 9.17) is 4.74 Å². The maximum absolute atomic E-state index is 5.55. The Kier molecular flexibility index (Phi) is 13.5. The van der Waals surface area contributed by atoms with Crippen LogP contribution in [0.3, 0.4) is 0 Å². The van der Waals surface area contributed by atoms with E-state index in [0.717, 1.165) is 19.7 Å². The SMILES string of the molecule is C(=C\[C@@H]1CNCCO1)/c1ccccc1.CC.CCCC. The molecule has 2 nitrogen and oxygen atoms in total. The van der Waals surface area contributed by atoms with E-state index >= 15 is 0 Å². The van der Waals surface area contributed by atoms with Gasteiger partial charge >= 0.3 is 0 Å². The molecule has 0 spiro atoms. The van der Waals surface area contributed by atoms with Crippen LogP contribution in [0.4, 0.5) is 0 Å². The highest BCUT2D eigenvalue weighted by Gasteiger charge is 2.08. The maximum Gasteiger partial charge on any atom is 0.0884 e. The lowest BCUT2D eigenvalue weighted by molar-refractivity contribution is 0.0596. The highest BCUT2D eigenvalue weighted by molar-refractivity contribution is 5.49. The van der Waals surface area contributed by atoms with Gasteiger partial charge in [0.25, 0.3) is 0 Å². The number of hydrogen-bond acceptors (Lipinski definition) is 2. The van der Waals surface area contributed by atoms with E-state index in [9.17, 15) is 0 Å². The summed E-state index contributed by atoms with van der Waals surface area (Å²) in [6.45, 7) is 11.1. The maximum atomic E-state index is 5.55. The van der Waals surface area contributed by atoms with Gasteiger partial charge in [0.2, 0.25) is 0 Å². The zero-order chi connectivity index (χ0) is 15.1. The third kappa shape index (κ3) is 9.76. The summed E-state index contributed by atoms with van der Waals surface area (Å²) in [5, 5.41) is 3.29. The number of morpholine rings is 1. The monoisotopic (exact) mass is 277 g/mol. The quantitative estimate of drug-likeness (QED) is 0.877. The van der Waals surface area contributed by atoms with Crippen molar-refractivity contribution in [3.8, 4) is 0 Å². The lowest BCUT2D eigenvalue weighted by atomic mass is 10.2. The van der Waals surface area contributed by atoms with Crippen LogP contribution in [0.2, 0.25) is 0 Å². The number of rotatable bonds is 3. The van der Waals surface area contributed by atoms with Crippen molar-refractivity contribution in [2.45, 2.75) is 46.6 Å². The molecule has 1 aromatic carbocycles. The van der Waals surface area contributed by atoms with Crippen molar-refractivity contribution >= 4 is 6.08 Å². The second-order valence-electron chi connectivity index (χ2n) is 4.38. The van der Waals surface area contributed by atoms with Gasteiger partial charge in [-0.1, -0.05) is 83.0 Å². The molecule has 0 bridgehead atoms. The number of unbranched alkanes of at least 4 members (excludes halogenated alkanes) is 1. The van der Waals surface area contributed by atoms with Gasteiger partial charge in [-0.05, 0) is 5.56 Å². The number of ether oxygens (including phenoxy) is 1. The molecule has 1 heterocycles. The summed E-state index contributed by atoms with van der Waals surface area (Å²) in [6.07, 6.45) is 7.09. The lowest BCUT2D eigenvalue weighted by Crippen LogP contribution is -2.37. The molecule has 0 amide bonds. The first kappa shape index (κ1) is 18.9. The largest absolute Gasteiger partial charge is 0.371 e. The molecule has 1 saturated heterocycles. The Bertz CT molecular complexity index is 313. The summed E-state index contributed by atoms with van der Waals surface area (Å²) in [5.41, 5.74) is 1.22. The lowest BCUT2D eigenvalue weighted by Gasteiger charge is -2.20. The van der Waals surface area contributed by atoms with Crippen molar-refractivity contribution in [2.24, 2.45) is 0 Å². The average Bonchev–Trinajstić information content (AvgIpc) is 2.57. The minimum absolute atomic E-state index is 0.226. The van der Waals surface area contributed by atoms with Crippen molar-refractivity contribution in [1.82, 2.24) is 5.32 Å². The van der Waals surface area contributed by atoms with Gasteiger partial charge < -0.3 is 10.1 Å². The molecule has 20 heavy (non-hydrogen) atoms. The predicted molar refractivity (Wildman–Crippen MR) is 90.0 cm³/mol. The predicted octanol–water partition coefficient (Wildman–Crippen LogP) is 4.52. The Morgan fingerprint density at radius 3 is 2.30 bits per heavy atom. The van der Waals surface area contributed by atoms with Crippen molar-refractivity contribution in [2.75, 3.05) is 19.7 Å². The first-order valence-corrected chi connectivity index (χ1v) is 7.92. The Balaban J connectivity index is 0.000000521. The summed E-state index contributed by atoms with van der Waals surface area (Å²) in [7, 11) is 0. The molecule has 1 atom stereocenters. The number of benzene rings is 1. The smallest absolute Gasteiger partial charge is 0.0884 e. The molecule has 114 valence electrons. The molecule has 1 N–H and O–H groups in total. The fourth-order valence-corrected chi connectivity index (χ4v) is 1.49. The normalized spacial score (nSPS) is 17.7. The fourth-order valence-electron chi connectivity index (χ4n) is 1.49. The molecular formula is C18H31NO. The molecule has 1 aliphatic rings. The molecule has 1 aliphatic heterocycles. The summed E-state index contributed by atoms with van der Waals surface area (Å²) in [6, 6.07) is 10.3. The van der Waals surface area contributed by atoms with Gasteiger partial charge in [0.05, 0.1) is 12.7 Å². The van der Waals surface area contributed by atoms with Crippen LogP contribution in [0.25, 0.3) is 6.08 Å². The fraction of sp³-hybridized carbons (Fsp3) is 0.556. The van der Waals surface area contributed by atoms with Gasteiger partial charge in [0, 0.05) is 13.1 Å². The molecule has 2 rings (SSSR count). The van der Waals surface area contributed by atoms with Gasteiger partial charge in [-0.25, -0.2) is 0 Å². The van der Waals surface area contributed by atoms with Crippen LogP contribution in [-0.2, 0) is 4.74 Å². The third-order valence-electron chi connectivity index (χ3n) is 2.76. The van der Waals surface area contributed by atoms with Gasteiger partial charge in [0.1, 0.15) is 0 Å². The Morgan fingerprint density at radius 2 is 1.80 bits per heavy atom. The molecule has 0 aliphatic carbocycles. The summed E-state index contributed by atoms with van der Waals surface area (Å²) < 4.78 is 5.55. The number of nitrogens with one attached hydrogen (secondary N) is 1. The van der Waals surface area contributed by atoms with Crippen LogP contribution in [0.1, 0.15) is 46.1 Å². The molecule has 0 aromatic heterocycles. The van der Waals surface area contributed by atoms with E-state index in [1.54, 1.807) is 0 Å². The van der Waals surface area contributed by atoms with E-state index in [-0.39, 0.29) is 6.10 Å². The minimum atomic E-state index is 0.226. The zero-order valence-electron chi connectivity index (χ0n) is 13.6. The van der Waals surface area contributed by atoms with Crippen molar-refractivity contribution in [3.63, 3.8) is 0 Å². The van der Waals surface area contributed by atoms with Crippen LogP contribution < -0.4 is 5.32 Å². The highest BCUT2D eigenvalue weighted by Crippen LogP contribution is 2.04. The van der Waals surface area contributed by atoms with Gasteiger partial charge in [-0.2, -0.15) is 0 Å². The van der Waals surface area contributed by atoms with Crippen LogP contribution in [-0.4, -0.2) is 25.8 Å². The summed E-state index contributed by atoms with van der Waals surface area (Å²) in [5.74, 6) is 0. The summed E-state index contributed by atoms with van der Waals surface area (Å²) in [4.78, 5) is 0. The topological polar surface area (TPSA) is 21.3 Å². The van der Waals surface area contributed by atoms with E-state index in [0.29, 0.717) is 0 Å². The van der Waals surface area contributed by atoms with Crippen LogP contribution in [0.5, 0.6) is 0 Å². The van der Waals surface area contributed by atoms with Crippen molar-refractivity contribution < 1.29 is 4.74 Å². The second kappa shape index (κ2) is 14.3. The van der Waals surface area contributed by atoms with E-state index in [1.807, 2.05) is 32.0 Å². The molecule has 0 saturated carbocycles. The summed E-state index contributed by atoms with van der Waals surface area (Å²) >= 11 is 0. The van der Waals surface area contributed by atoms with Gasteiger partial charge in [0.15, 0.2) is 0 Å². The van der Waals surface area contributed by atoms with E-state index < -0.39 is 0 Å². The molecule has 1 aromatic rings. The van der Waals surface area contributed by atoms with E-state index in [2.05, 4.69) is 43.4 Å². The Morgan fingerprint density at radius 1 is 1.15 bits per heavy atom. The van der Waals surface area contributed by atoms with Gasteiger partial charge in [-0.3, -0.25) is 0 Å². The van der Waals surface area contributed by atoms with Crippen LogP contribution in [0, 0.1) is 0 Å². The minimum Gasteiger partial charge on any atom is -0.371 e. The van der Waals surface area contributed by atoms with E-state index in [1.165, 1.54) is 18.4 Å². The second-order valence-corrected chi connectivity index (χ2v) is 4.38. The molecule has 0 unspecified atom stereocenters. The van der Waals surface area contributed by atoms with Crippen molar-refractivity contribution in [3.05, 3.63) is 42.0 Å². The van der Waals surface area contributed by atoms with Gasteiger partial charge in [-0.15, -0.1) is 0 Å². The molecular weight excluding hydrogens is 246 g/mol. The first-order valence-electron chi connectivity index (χ1n) is 7.92. The van der Waals surface area contributed by atoms with Crippen molar-refractivity contribution in [1.29, 1.82) is 0 Å². The first-order chi connectivity index (χ1) is 9.86. The van der Waals surface area contributed by atoms with Crippen LogP contribution >= 0.6 is 0 Å². The van der Waals surface area contributed by atoms with Crippen LogP contribution in [0.15, 0.2) is 36.4 Å². The molecule has 2 heteroatoms.